The molecule has 33 heavy (non-hydrogen) atoms. The molecule has 1 amide bonds. The number of ether oxygens (including phenoxy) is 1. The average molecular weight is 490 g/mol. The van der Waals surface area contributed by atoms with Gasteiger partial charge in [0.1, 0.15) is 5.75 Å². The Kier molecular flexibility index (Phi) is 8.45. The summed E-state index contributed by atoms with van der Waals surface area (Å²) in [5.41, 5.74) is 1.32. The predicted molar refractivity (Wildman–Crippen MR) is 132 cm³/mol. The summed E-state index contributed by atoms with van der Waals surface area (Å²) in [6.07, 6.45) is 2.62. The van der Waals surface area contributed by atoms with Crippen LogP contribution in [0.3, 0.4) is 0 Å². The van der Waals surface area contributed by atoms with Crippen molar-refractivity contribution < 1.29 is 17.9 Å². The number of unbranched alkanes of at least 4 members (excludes halogenated alkanes) is 1. The van der Waals surface area contributed by atoms with E-state index < -0.39 is 15.9 Å². The van der Waals surface area contributed by atoms with E-state index in [1.807, 2.05) is 36.6 Å². The lowest BCUT2D eigenvalue weighted by molar-refractivity contribution is 0.0997. The summed E-state index contributed by atoms with van der Waals surface area (Å²) in [5.74, 6) is 0.348. The van der Waals surface area contributed by atoms with Crippen LogP contribution in [0.5, 0.6) is 5.75 Å². The van der Waals surface area contributed by atoms with Gasteiger partial charge in [-0.05, 0) is 49.2 Å². The minimum absolute atomic E-state index is 0.187. The molecule has 0 bridgehead atoms. The van der Waals surface area contributed by atoms with Crippen molar-refractivity contribution in [3.05, 3.63) is 52.8 Å². The number of sulfonamides is 1. The molecule has 0 fully saturated rings. The van der Waals surface area contributed by atoms with Crippen LogP contribution in [0.25, 0.3) is 10.2 Å². The van der Waals surface area contributed by atoms with Crippen LogP contribution in [0.4, 0.5) is 0 Å². The van der Waals surface area contributed by atoms with E-state index in [1.165, 1.54) is 39.9 Å². The van der Waals surface area contributed by atoms with Crippen molar-refractivity contribution in [1.82, 2.24) is 8.87 Å². The summed E-state index contributed by atoms with van der Waals surface area (Å²) in [7, 11) is -1.96. The molecule has 1 aromatic heterocycles. The maximum absolute atomic E-state index is 12.9. The van der Waals surface area contributed by atoms with Crippen molar-refractivity contribution in [1.29, 1.82) is 0 Å². The summed E-state index contributed by atoms with van der Waals surface area (Å²) < 4.78 is 35.7. The van der Waals surface area contributed by atoms with Crippen LogP contribution < -0.4 is 9.54 Å². The fourth-order valence-corrected chi connectivity index (χ4v) is 6.08. The van der Waals surface area contributed by atoms with Crippen LogP contribution in [-0.4, -0.2) is 43.4 Å². The standard InChI is InChI=1S/C24H31N3O4S2/c1-5-8-16-26(7-3)33(29,30)20-12-9-18(10-13-20)23(28)25-24-27(15-6-2)21-17-19(31-4)11-14-22(21)32-24/h9-14,17H,5-8,15-16H2,1-4H3. The van der Waals surface area contributed by atoms with Gasteiger partial charge in [-0.15, -0.1) is 0 Å². The van der Waals surface area contributed by atoms with Crippen LogP contribution in [0, 0.1) is 0 Å². The molecule has 0 atom stereocenters. The van der Waals surface area contributed by atoms with E-state index in [0.717, 1.165) is 41.8 Å². The number of fused-ring (bicyclic) bond motifs is 1. The van der Waals surface area contributed by atoms with Gasteiger partial charge in [0.05, 0.1) is 22.2 Å². The van der Waals surface area contributed by atoms with E-state index in [-0.39, 0.29) is 4.90 Å². The van der Waals surface area contributed by atoms with Gasteiger partial charge in [-0.3, -0.25) is 4.79 Å². The number of carbonyl (C=O) groups is 1. The maximum atomic E-state index is 12.9. The van der Waals surface area contributed by atoms with Crippen LogP contribution in [0.1, 0.15) is 50.4 Å². The summed E-state index contributed by atoms with van der Waals surface area (Å²) in [6, 6.07) is 11.8. The Hall–Kier alpha value is -2.49. The van der Waals surface area contributed by atoms with Crippen molar-refractivity contribution in [2.75, 3.05) is 20.2 Å². The van der Waals surface area contributed by atoms with Gasteiger partial charge >= 0.3 is 0 Å². The molecular weight excluding hydrogens is 458 g/mol. The van der Waals surface area contributed by atoms with Gasteiger partial charge in [0.2, 0.25) is 10.0 Å². The van der Waals surface area contributed by atoms with Gasteiger partial charge in [0, 0.05) is 31.3 Å². The van der Waals surface area contributed by atoms with Gasteiger partial charge in [-0.2, -0.15) is 9.30 Å². The van der Waals surface area contributed by atoms with Gasteiger partial charge < -0.3 is 9.30 Å². The third-order valence-corrected chi connectivity index (χ3v) is 8.43. The highest BCUT2D eigenvalue weighted by atomic mass is 32.2. The third kappa shape index (κ3) is 5.54. The Labute approximate surface area is 199 Å². The maximum Gasteiger partial charge on any atom is 0.279 e. The first-order valence-electron chi connectivity index (χ1n) is 11.2. The summed E-state index contributed by atoms with van der Waals surface area (Å²) in [6.45, 7) is 7.55. The van der Waals surface area contributed by atoms with Crippen LogP contribution >= 0.6 is 11.3 Å². The molecule has 7 nitrogen and oxygen atoms in total. The summed E-state index contributed by atoms with van der Waals surface area (Å²) >= 11 is 1.45. The number of hydrogen-bond donors (Lipinski definition) is 0. The molecule has 0 aliphatic carbocycles. The number of carbonyl (C=O) groups excluding carboxylic acids is 1. The molecule has 0 aliphatic rings. The number of rotatable bonds is 10. The molecular formula is C24H31N3O4S2. The molecule has 2 aromatic carbocycles. The topological polar surface area (TPSA) is 81.0 Å². The van der Waals surface area contributed by atoms with E-state index in [0.29, 0.717) is 23.5 Å². The van der Waals surface area contributed by atoms with E-state index in [1.54, 1.807) is 7.11 Å². The second-order valence-corrected chi connectivity index (χ2v) is 10.6. The van der Waals surface area contributed by atoms with E-state index in [2.05, 4.69) is 11.9 Å². The Morgan fingerprint density at radius 2 is 1.82 bits per heavy atom. The SMILES string of the molecule is CCCCN(CC)S(=O)(=O)c1ccc(C(=O)N=c2sc3ccc(OC)cc3n2CCC)cc1. The minimum Gasteiger partial charge on any atom is -0.497 e. The number of amides is 1. The van der Waals surface area contributed by atoms with Crippen molar-refractivity contribution in [3.8, 4) is 5.75 Å². The Morgan fingerprint density at radius 1 is 1.09 bits per heavy atom. The zero-order chi connectivity index (χ0) is 24.0. The first kappa shape index (κ1) is 25.1. The van der Waals surface area contributed by atoms with Crippen molar-refractivity contribution in [3.63, 3.8) is 0 Å². The molecule has 0 N–H and O–H groups in total. The summed E-state index contributed by atoms with van der Waals surface area (Å²) in [5, 5.41) is 0. The minimum atomic E-state index is -3.59. The molecule has 9 heteroatoms. The zero-order valence-corrected chi connectivity index (χ0v) is 21.2. The van der Waals surface area contributed by atoms with Gasteiger partial charge in [0.15, 0.2) is 4.80 Å². The Balaban J connectivity index is 1.93. The van der Waals surface area contributed by atoms with Crippen LogP contribution in [-0.2, 0) is 16.6 Å². The van der Waals surface area contributed by atoms with Crippen molar-refractivity contribution in [2.24, 2.45) is 4.99 Å². The number of thiazole rings is 1. The molecule has 0 saturated carbocycles. The van der Waals surface area contributed by atoms with Gasteiger partial charge in [-0.25, -0.2) is 8.42 Å². The largest absolute Gasteiger partial charge is 0.497 e. The molecule has 1 heterocycles. The number of aryl methyl sites for hydroxylation is 1. The highest BCUT2D eigenvalue weighted by molar-refractivity contribution is 7.89. The lowest BCUT2D eigenvalue weighted by atomic mass is 10.2. The normalized spacial score (nSPS) is 12.6. The zero-order valence-electron chi connectivity index (χ0n) is 19.6. The van der Waals surface area contributed by atoms with Crippen LogP contribution in [0.15, 0.2) is 52.4 Å². The molecule has 178 valence electrons. The molecule has 0 unspecified atom stereocenters. The molecule has 3 rings (SSSR count). The van der Waals surface area contributed by atoms with E-state index in [9.17, 15) is 13.2 Å². The monoisotopic (exact) mass is 489 g/mol. The fourth-order valence-electron chi connectivity index (χ4n) is 3.55. The Morgan fingerprint density at radius 3 is 2.42 bits per heavy atom. The summed E-state index contributed by atoms with van der Waals surface area (Å²) in [4.78, 5) is 18.1. The van der Waals surface area contributed by atoms with E-state index in [4.69, 9.17) is 4.74 Å². The number of methoxy groups -OCH3 is 1. The lowest BCUT2D eigenvalue weighted by Crippen LogP contribution is -2.31. The van der Waals surface area contributed by atoms with Gasteiger partial charge in [0.25, 0.3) is 5.91 Å². The number of nitrogens with zero attached hydrogens (tertiary/aromatic N) is 3. The lowest BCUT2D eigenvalue weighted by Gasteiger charge is -2.20. The van der Waals surface area contributed by atoms with E-state index >= 15 is 0 Å². The first-order valence-corrected chi connectivity index (χ1v) is 13.5. The highest BCUT2D eigenvalue weighted by Gasteiger charge is 2.22. The molecule has 0 aliphatic heterocycles. The number of benzene rings is 2. The molecule has 0 saturated heterocycles. The van der Waals surface area contributed by atoms with Crippen molar-refractivity contribution in [2.45, 2.75) is 51.5 Å². The quantitative estimate of drug-likeness (QED) is 0.414. The molecule has 0 radical (unpaired) electrons. The number of hydrogen-bond acceptors (Lipinski definition) is 5. The average Bonchev–Trinajstić information content (AvgIpc) is 3.15. The predicted octanol–water partition coefficient (Wildman–Crippen LogP) is 4.67. The molecule has 3 aromatic rings. The Bertz CT molecular complexity index is 1280. The third-order valence-electron chi connectivity index (χ3n) is 5.39. The van der Waals surface area contributed by atoms with Gasteiger partial charge in [-0.1, -0.05) is 38.5 Å². The second-order valence-electron chi connectivity index (χ2n) is 7.66. The second kappa shape index (κ2) is 11.1. The smallest absolute Gasteiger partial charge is 0.279 e. The first-order chi connectivity index (χ1) is 15.8. The number of aromatic nitrogens is 1. The molecule has 0 spiro atoms. The highest BCUT2D eigenvalue weighted by Crippen LogP contribution is 2.23. The fraction of sp³-hybridized carbons (Fsp3) is 0.417. The van der Waals surface area contributed by atoms with Crippen LogP contribution in [0.2, 0.25) is 0 Å². The van der Waals surface area contributed by atoms with Crippen molar-refractivity contribution >= 4 is 37.5 Å².